The van der Waals surface area contributed by atoms with Gasteiger partial charge in [-0.05, 0) is 77.3 Å². The molecule has 2 aliphatic rings. The van der Waals surface area contributed by atoms with E-state index in [1.165, 1.54) is 5.69 Å². The first-order valence-electron chi connectivity index (χ1n) is 13.8. The van der Waals surface area contributed by atoms with Crippen LogP contribution >= 0.6 is 0 Å². The van der Waals surface area contributed by atoms with E-state index in [0.717, 1.165) is 52.8 Å². The van der Waals surface area contributed by atoms with Crippen LogP contribution in [0.3, 0.4) is 0 Å². The lowest BCUT2D eigenvalue weighted by molar-refractivity contribution is 0.0284. The molecule has 9 nitrogen and oxygen atoms in total. The minimum Gasteiger partial charge on any atom is -0.490 e. The molecule has 6 rings (SSSR count). The number of fused-ring (bicyclic) bond motifs is 3. The Morgan fingerprint density at radius 1 is 1.15 bits per heavy atom. The minimum absolute atomic E-state index is 0.0157. The maximum absolute atomic E-state index is 12.7. The third-order valence-corrected chi connectivity index (χ3v) is 7.73. The van der Waals surface area contributed by atoms with E-state index in [1.807, 2.05) is 70.1 Å². The van der Waals surface area contributed by atoms with E-state index in [1.54, 1.807) is 0 Å². The van der Waals surface area contributed by atoms with E-state index in [0.29, 0.717) is 24.4 Å². The summed E-state index contributed by atoms with van der Waals surface area (Å²) in [6.45, 7) is 11.7. The maximum atomic E-state index is 12.7. The van der Waals surface area contributed by atoms with Crippen LogP contribution in [0.15, 0.2) is 42.7 Å². The number of rotatable bonds is 4. The second kappa shape index (κ2) is 9.40. The summed E-state index contributed by atoms with van der Waals surface area (Å²) in [6.07, 6.45) is 5.36. The number of nitrogens with one attached hydrogen (secondary N) is 1. The molecule has 1 N–H and O–H groups in total. The fourth-order valence-electron chi connectivity index (χ4n) is 5.89. The van der Waals surface area contributed by atoms with Crippen molar-refractivity contribution in [2.75, 3.05) is 13.1 Å². The predicted molar refractivity (Wildman–Crippen MR) is 152 cm³/mol. The lowest BCUT2D eigenvalue weighted by Gasteiger charge is -2.26. The van der Waals surface area contributed by atoms with Gasteiger partial charge in [0, 0.05) is 59.7 Å². The average molecular weight is 539 g/mol. The number of aromatic nitrogens is 4. The summed E-state index contributed by atoms with van der Waals surface area (Å²) in [5, 5.41) is 15.6. The molecule has 5 heterocycles. The number of hydrogen-bond acceptors (Lipinski definition) is 6. The number of carbonyl (C=O) groups is 1. The number of hydrogen-bond donors (Lipinski definition) is 1. The zero-order valence-corrected chi connectivity index (χ0v) is 23.6. The van der Waals surface area contributed by atoms with E-state index in [4.69, 9.17) is 14.6 Å². The molecule has 1 atom stereocenters. The summed E-state index contributed by atoms with van der Waals surface area (Å²) in [5.74, 6) is 0.582. The van der Waals surface area contributed by atoms with E-state index in [-0.39, 0.29) is 17.6 Å². The van der Waals surface area contributed by atoms with Crippen molar-refractivity contribution >= 4 is 17.1 Å². The molecule has 2 aliphatic heterocycles. The Morgan fingerprint density at radius 2 is 1.95 bits per heavy atom. The van der Waals surface area contributed by atoms with Crippen LogP contribution in [0.25, 0.3) is 33.4 Å². The number of aryl methyl sites for hydroxylation is 1. The van der Waals surface area contributed by atoms with Crippen LogP contribution < -0.4 is 4.74 Å². The highest BCUT2D eigenvalue weighted by Crippen LogP contribution is 2.44. The van der Waals surface area contributed by atoms with Crippen LogP contribution in [0.2, 0.25) is 0 Å². The van der Waals surface area contributed by atoms with Crippen LogP contribution in [0.4, 0.5) is 4.79 Å². The number of H-pyrrole nitrogens is 1. The SMILES string of the molecule is CC(C)Oc1ccc(-c2c[nH]c3ncc(-c4cc5n(n4)CCC54CCN(C(=O)OC(C)(C)C)C4)cc23)cc1C#N. The van der Waals surface area contributed by atoms with E-state index >= 15 is 0 Å². The minimum atomic E-state index is -0.514. The molecule has 1 unspecified atom stereocenters. The van der Waals surface area contributed by atoms with Gasteiger partial charge >= 0.3 is 6.09 Å². The van der Waals surface area contributed by atoms with Crippen LogP contribution in [0.5, 0.6) is 5.75 Å². The number of nitrogens with zero attached hydrogens (tertiary/aromatic N) is 5. The largest absolute Gasteiger partial charge is 0.490 e. The average Bonchev–Trinajstić information content (AvgIpc) is 3.67. The number of likely N-dealkylation sites (tertiary alicyclic amines) is 1. The first-order valence-corrected chi connectivity index (χ1v) is 13.8. The quantitative estimate of drug-likeness (QED) is 0.340. The molecule has 0 bridgehead atoms. The normalized spacial score (nSPS) is 18.5. The van der Waals surface area contributed by atoms with Gasteiger partial charge in [-0.25, -0.2) is 9.78 Å². The third kappa shape index (κ3) is 4.57. The van der Waals surface area contributed by atoms with E-state index in [9.17, 15) is 10.1 Å². The summed E-state index contributed by atoms with van der Waals surface area (Å²) in [7, 11) is 0. The molecule has 1 amide bonds. The second-order valence-corrected chi connectivity index (χ2v) is 12.1. The Balaban J connectivity index is 1.30. The zero-order chi connectivity index (χ0) is 28.2. The molecule has 40 heavy (non-hydrogen) atoms. The number of amides is 1. The van der Waals surface area contributed by atoms with E-state index < -0.39 is 5.60 Å². The molecule has 1 saturated heterocycles. The first kappa shape index (κ1) is 25.9. The van der Waals surface area contributed by atoms with Crippen molar-refractivity contribution in [1.82, 2.24) is 24.6 Å². The van der Waals surface area contributed by atoms with Gasteiger partial charge in [0.15, 0.2) is 0 Å². The van der Waals surface area contributed by atoms with Gasteiger partial charge in [-0.15, -0.1) is 0 Å². The summed E-state index contributed by atoms with van der Waals surface area (Å²) < 4.78 is 13.5. The summed E-state index contributed by atoms with van der Waals surface area (Å²) >= 11 is 0. The molecular formula is C31H34N6O3. The van der Waals surface area contributed by atoms with Gasteiger partial charge in [0.1, 0.15) is 23.1 Å². The third-order valence-electron chi connectivity index (χ3n) is 7.73. The predicted octanol–water partition coefficient (Wildman–Crippen LogP) is 6.03. The molecular weight excluding hydrogens is 504 g/mol. The summed E-state index contributed by atoms with van der Waals surface area (Å²) in [6, 6.07) is 12.2. The van der Waals surface area contributed by atoms with Gasteiger partial charge in [-0.3, -0.25) is 4.68 Å². The molecule has 1 aromatic carbocycles. The van der Waals surface area contributed by atoms with Crippen molar-refractivity contribution in [3.05, 3.63) is 54.0 Å². The molecule has 9 heteroatoms. The number of ether oxygens (including phenoxy) is 2. The van der Waals surface area contributed by atoms with Gasteiger partial charge in [-0.1, -0.05) is 6.07 Å². The van der Waals surface area contributed by atoms with Crippen molar-refractivity contribution < 1.29 is 14.3 Å². The highest BCUT2D eigenvalue weighted by molar-refractivity contribution is 5.96. The molecule has 3 aromatic heterocycles. The first-order chi connectivity index (χ1) is 19.0. The summed E-state index contributed by atoms with van der Waals surface area (Å²) in [5.41, 5.74) is 5.48. The Bertz CT molecular complexity index is 1650. The van der Waals surface area contributed by atoms with Gasteiger partial charge in [0.25, 0.3) is 0 Å². The number of benzene rings is 1. The van der Waals surface area contributed by atoms with E-state index in [2.05, 4.69) is 32.9 Å². The summed E-state index contributed by atoms with van der Waals surface area (Å²) in [4.78, 5) is 22.5. The Labute approximate surface area is 233 Å². The Kier molecular flexibility index (Phi) is 6.10. The molecule has 206 valence electrons. The molecule has 4 aromatic rings. The fourth-order valence-corrected chi connectivity index (χ4v) is 5.89. The smallest absolute Gasteiger partial charge is 0.410 e. The standard InChI is InChI=1S/C31H34N6O3/c1-19(2)39-26-7-6-20(12-21(26)15-32)24-17-34-28-23(24)13-22(16-33-28)25-14-27-31(9-11-37(27)35-25)8-10-36(18-31)29(38)40-30(3,4)5/h6-7,12-14,16-17,19H,8-11,18H2,1-5H3,(H,33,34). The number of aromatic amines is 1. The molecule has 1 fully saturated rings. The van der Waals surface area contributed by atoms with Crippen molar-refractivity contribution in [2.45, 2.75) is 71.1 Å². The van der Waals surface area contributed by atoms with Gasteiger partial charge < -0.3 is 19.4 Å². The van der Waals surface area contributed by atoms with Gasteiger partial charge in [0.2, 0.25) is 0 Å². The number of pyridine rings is 1. The van der Waals surface area contributed by atoms with Gasteiger partial charge in [-0.2, -0.15) is 10.4 Å². The number of carbonyl (C=O) groups excluding carboxylic acids is 1. The van der Waals surface area contributed by atoms with Crippen LogP contribution in [-0.2, 0) is 16.7 Å². The lowest BCUT2D eigenvalue weighted by atomic mass is 9.82. The van der Waals surface area contributed by atoms with Crippen molar-refractivity contribution in [3.63, 3.8) is 0 Å². The Hall–Kier alpha value is -4.32. The molecule has 0 saturated carbocycles. The van der Waals surface area contributed by atoms with Crippen LogP contribution in [-0.4, -0.2) is 55.5 Å². The molecule has 1 spiro atoms. The zero-order valence-electron chi connectivity index (χ0n) is 23.6. The number of nitriles is 1. The second-order valence-electron chi connectivity index (χ2n) is 12.1. The highest BCUT2D eigenvalue weighted by Gasteiger charge is 2.47. The lowest BCUT2D eigenvalue weighted by Crippen LogP contribution is -2.37. The van der Waals surface area contributed by atoms with Crippen molar-refractivity contribution in [2.24, 2.45) is 0 Å². The van der Waals surface area contributed by atoms with Crippen molar-refractivity contribution in [3.8, 4) is 34.2 Å². The highest BCUT2D eigenvalue weighted by atomic mass is 16.6. The monoisotopic (exact) mass is 538 g/mol. The van der Waals surface area contributed by atoms with Crippen LogP contribution in [0, 0.1) is 11.3 Å². The van der Waals surface area contributed by atoms with Crippen LogP contribution in [0.1, 0.15) is 58.7 Å². The van der Waals surface area contributed by atoms with Crippen molar-refractivity contribution in [1.29, 1.82) is 5.26 Å². The maximum Gasteiger partial charge on any atom is 0.410 e. The fraction of sp³-hybridized carbons (Fsp3) is 0.419. The Morgan fingerprint density at radius 3 is 2.70 bits per heavy atom. The molecule has 0 radical (unpaired) electrons. The topological polar surface area (TPSA) is 109 Å². The molecule has 0 aliphatic carbocycles. The van der Waals surface area contributed by atoms with Gasteiger partial charge in [0.05, 0.1) is 17.4 Å².